The average molecular weight is 265 g/mol. The van der Waals surface area contributed by atoms with E-state index < -0.39 is 0 Å². The minimum absolute atomic E-state index is 0.171. The molecule has 0 amide bonds. The van der Waals surface area contributed by atoms with Gasteiger partial charge in [0.2, 0.25) is 0 Å². The highest BCUT2D eigenvalue weighted by molar-refractivity contribution is 5.38. The van der Waals surface area contributed by atoms with Gasteiger partial charge in [-0.15, -0.1) is 0 Å². The molecule has 0 fully saturated rings. The summed E-state index contributed by atoms with van der Waals surface area (Å²) in [5.74, 6) is 0.999. The topological polar surface area (TPSA) is 78.3 Å². The molecule has 0 N–H and O–H groups in total. The third kappa shape index (κ3) is 2.53. The van der Waals surface area contributed by atoms with Crippen molar-refractivity contribution in [1.29, 1.82) is 10.5 Å². The Morgan fingerprint density at radius 1 is 1.20 bits per heavy atom. The molecule has 0 bridgehead atoms. The summed E-state index contributed by atoms with van der Waals surface area (Å²) in [5.41, 5.74) is 2.34. The van der Waals surface area contributed by atoms with Crippen molar-refractivity contribution in [2.75, 3.05) is 0 Å². The lowest BCUT2D eigenvalue weighted by Gasteiger charge is -2.09. The first kappa shape index (κ1) is 13.8. The minimum Gasteiger partial charge on any atom is -0.313 e. The standard InChI is InChI=1S/C15H15N5/c1-10(2)13-6-4-5-12(19-13)9-20-11(3)18-14(7-16)15(20)8-17/h4-6,10H,9H2,1-3H3. The Hall–Kier alpha value is -2.66. The van der Waals surface area contributed by atoms with Crippen LogP contribution in [0.5, 0.6) is 0 Å². The van der Waals surface area contributed by atoms with Crippen molar-refractivity contribution >= 4 is 0 Å². The van der Waals surface area contributed by atoms with E-state index in [-0.39, 0.29) is 5.69 Å². The molecule has 0 spiro atoms. The first-order valence-electron chi connectivity index (χ1n) is 6.40. The van der Waals surface area contributed by atoms with E-state index in [2.05, 4.69) is 23.8 Å². The second kappa shape index (κ2) is 5.54. The van der Waals surface area contributed by atoms with Crippen molar-refractivity contribution in [3.8, 4) is 12.1 Å². The minimum atomic E-state index is 0.171. The molecule has 5 heteroatoms. The molecule has 5 nitrogen and oxygen atoms in total. The fourth-order valence-corrected chi connectivity index (χ4v) is 2.02. The molecule has 0 unspecified atom stereocenters. The molecule has 100 valence electrons. The number of aromatic nitrogens is 3. The van der Waals surface area contributed by atoms with E-state index in [9.17, 15) is 5.26 Å². The third-order valence-electron chi connectivity index (χ3n) is 3.11. The summed E-state index contributed by atoms with van der Waals surface area (Å²) in [5, 5.41) is 18.2. The normalized spacial score (nSPS) is 10.3. The predicted octanol–water partition coefficient (Wildman–Crippen LogP) is 2.50. The van der Waals surface area contributed by atoms with Gasteiger partial charge in [-0.25, -0.2) is 4.98 Å². The van der Waals surface area contributed by atoms with Crippen LogP contribution in [0.2, 0.25) is 0 Å². The molecule has 2 aromatic heterocycles. The number of rotatable bonds is 3. The molecular weight excluding hydrogens is 250 g/mol. The monoisotopic (exact) mass is 265 g/mol. The Kier molecular flexibility index (Phi) is 3.81. The van der Waals surface area contributed by atoms with Crippen molar-refractivity contribution in [1.82, 2.24) is 14.5 Å². The van der Waals surface area contributed by atoms with Gasteiger partial charge in [0.25, 0.3) is 0 Å². The van der Waals surface area contributed by atoms with Gasteiger partial charge in [-0.2, -0.15) is 10.5 Å². The van der Waals surface area contributed by atoms with Gasteiger partial charge >= 0.3 is 0 Å². The fraction of sp³-hybridized carbons (Fsp3) is 0.333. The Labute approximate surface area is 118 Å². The lowest BCUT2D eigenvalue weighted by atomic mass is 10.1. The molecule has 2 aromatic rings. The number of imidazole rings is 1. The summed E-state index contributed by atoms with van der Waals surface area (Å²) >= 11 is 0. The van der Waals surface area contributed by atoms with Crippen molar-refractivity contribution in [3.05, 3.63) is 46.8 Å². The summed E-state index contributed by atoms with van der Waals surface area (Å²) < 4.78 is 1.73. The maximum absolute atomic E-state index is 9.18. The summed E-state index contributed by atoms with van der Waals surface area (Å²) in [7, 11) is 0. The lowest BCUT2D eigenvalue weighted by molar-refractivity contribution is 0.717. The SMILES string of the molecule is Cc1nc(C#N)c(C#N)n1Cc1cccc(C(C)C)n1. The van der Waals surface area contributed by atoms with Gasteiger partial charge in [0, 0.05) is 5.69 Å². The molecule has 0 aliphatic carbocycles. The lowest BCUT2D eigenvalue weighted by Crippen LogP contribution is -2.07. The van der Waals surface area contributed by atoms with E-state index in [4.69, 9.17) is 5.26 Å². The van der Waals surface area contributed by atoms with Crippen LogP contribution in [0.15, 0.2) is 18.2 Å². The van der Waals surface area contributed by atoms with E-state index in [1.807, 2.05) is 30.3 Å². The van der Waals surface area contributed by atoms with Crippen molar-refractivity contribution in [3.63, 3.8) is 0 Å². The van der Waals surface area contributed by atoms with Crippen LogP contribution < -0.4 is 0 Å². The summed E-state index contributed by atoms with van der Waals surface area (Å²) in [6.07, 6.45) is 0. The van der Waals surface area contributed by atoms with Gasteiger partial charge < -0.3 is 4.57 Å². The molecule has 0 aliphatic rings. The Morgan fingerprint density at radius 2 is 1.95 bits per heavy atom. The molecule has 0 aromatic carbocycles. The van der Waals surface area contributed by atoms with Crippen molar-refractivity contribution in [2.45, 2.75) is 33.2 Å². The van der Waals surface area contributed by atoms with Crippen molar-refractivity contribution in [2.24, 2.45) is 0 Å². The highest BCUT2D eigenvalue weighted by Crippen LogP contribution is 2.15. The molecule has 2 heterocycles. The number of pyridine rings is 1. The Morgan fingerprint density at radius 3 is 2.55 bits per heavy atom. The maximum Gasteiger partial charge on any atom is 0.177 e. The quantitative estimate of drug-likeness (QED) is 0.854. The van der Waals surface area contributed by atoms with Gasteiger partial charge in [0.15, 0.2) is 11.4 Å². The molecular formula is C15H15N5. The van der Waals surface area contributed by atoms with E-state index >= 15 is 0 Å². The molecule has 0 aliphatic heterocycles. The highest BCUT2D eigenvalue weighted by atomic mass is 15.1. The molecule has 0 saturated heterocycles. The predicted molar refractivity (Wildman–Crippen MR) is 73.8 cm³/mol. The number of nitrogens with zero attached hydrogens (tertiary/aromatic N) is 5. The fourth-order valence-electron chi connectivity index (χ4n) is 2.02. The summed E-state index contributed by atoms with van der Waals surface area (Å²) in [6, 6.07) is 9.85. The van der Waals surface area contributed by atoms with E-state index in [0.717, 1.165) is 11.4 Å². The first-order valence-corrected chi connectivity index (χ1v) is 6.40. The van der Waals surface area contributed by atoms with Crippen LogP contribution in [0.4, 0.5) is 0 Å². The molecule has 0 saturated carbocycles. The van der Waals surface area contributed by atoms with Crippen LogP contribution in [-0.4, -0.2) is 14.5 Å². The molecule has 0 radical (unpaired) electrons. The second-order valence-corrected chi connectivity index (χ2v) is 4.87. The van der Waals surface area contributed by atoms with Crippen LogP contribution >= 0.6 is 0 Å². The molecule has 0 atom stereocenters. The summed E-state index contributed by atoms with van der Waals surface area (Å²) in [6.45, 7) is 6.41. The highest BCUT2D eigenvalue weighted by Gasteiger charge is 2.15. The Bertz CT molecular complexity index is 713. The molecule has 20 heavy (non-hydrogen) atoms. The van der Waals surface area contributed by atoms with Crippen molar-refractivity contribution < 1.29 is 0 Å². The van der Waals surface area contributed by atoms with Crippen LogP contribution in [-0.2, 0) is 6.54 Å². The molecule has 2 rings (SSSR count). The van der Waals surface area contributed by atoms with Crippen LogP contribution in [0.3, 0.4) is 0 Å². The van der Waals surface area contributed by atoms with Gasteiger partial charge in [-0.05, 0) is 25.0 Å². The third-order valence-corrected chi connectivity index (χ3v) is 3.11. The number of aryl methyl sites for hydroxylation is 1. The second-order valence-electron chi connectivity index (χ2n) is 4.87. The zero-order valence-corrected chi connectivity index (χ0v) is 11.8. The number of nitriles is 2. The van der Waals surface area contributed by atoms with E-state index in [1.165, 1.54) is 0 Å². The van der Waals surface area contributed by atoms with E-state index in [0.29, 0.717) is 24.0 Å². The average Bonchev–Trinajstić information content (AvgIpc) is 2.75. The van der Waals surface area contributed by atoms with Gasteiger partial charge in [0.1, 0.15) is 18.0 Å². The Balaban J connectivity index is 2.41. The largest absolute Gasteiger partial charge is 0.313 e. The van der Waals surface area contributed by atoms with E-state index in [1.54, 1.807) is 11.5 Å². The summed E-state index contributed by atoms with van der Waals surface area (Å²) in [4.78, 5) is 8.68. The van der Waals surface area contributed by atoms with Crippen LogP contribution in [0.25, 0.3) is 0 Å². The van der Waals surface area contributed by atoms with Crippen LogP contribution in [0.1, 0.15) is 48.4 Å². The van der Waals surface area contributed by atoms with Gasteiger partial charge in [-0.1, -0.05) is 19.9 Å². The van der Waals surface area contributed by atoms with Crippen LogP contribution in [0, 0.1) is 29.6 Å². The van der Waals surface area contributed by atoms with Gasteiger partial charge in [0.05, 0.1) is 12.2 Å². The number of hydrogen-bond donors (Lipinski definition) is 0. The van der Waals surface area contributed by atoms with Gasteiger partial charge in [-0.3, -0.25) is 4.98 Å². The zero-order chi connectivity index (χ0) is 14.7. The number of hydrogen-bond acceptors (Lipinski definition) is 4. The zero-order valence-electron chi connectivity index (χ0n) is 11.8. The smallest absolute Gasteiger partial charge is 0.177 e. The maximum atomic E-state index is 9.18. The first-order chi connectivity index (χ1) is 9.56.